The number of primary amides is 1. The predicted octanol–water partition coefficient (Wildman–Crippen LogP) is -1.75. The Labute approximate surface area is 75.7 Å². The molecule has 0 bridgehead atoms. The van der Waals surface area contributed by atoms with Crippen molar-refractivity contribution in [3.63, 3.8) is 0 Å². The topological polar surface area (TPSA) is 95.7 Å². The molecule has 6 nitrogen and oxygen atoms in total. The van der Waals surface area contributed by atoms with Gasteiger partial charge in [0.25, 0.3) is 0 Å². The molecule has 1 aliphatic rings. The van der Waals surface area contributed by atoms with E-state index in [4.69, 9.17) is 10.8 Å². The molecule has 1 aliphatic heterocycles. The molecule has 4 N–H and O–H groups in total. The summed E-state index contributed by atoms with van der Waals surface area (Å²) in [5, 5.41) is 11.0. The molecular weight excluding hydrogens is 174 g/mol. The average molecular weight is 187 g/mol. The summed E-state index contributed by atoms with van der Waals surface area (Å²) in [6, 6.07) is -0.548. The Kier molecular flexibility index (Phi) is 3.07. The van der Waals surface area contributed by atoms with Crippen LogP contribution >= 0.6 is 0 Å². The summed E-state index contributed by atoms with van der Waals surface area (Å²) in [6.07, 6.45) is 0.689. The molecule has 0 aromatic heterocycles. The molecule has 1 unspecified atom stereocenters. The SMILES string of the molecule is NC(=O)N1CCC(NC(=O)CO)C1. The third-order valence-corrected chi connectivity index (χ3v) is 2.01. The molecule has 1 atom stereocenters. The summed E-state index contributed by atoms with van der Waals surface area (Å²) in [5.41, 5.74) is 5.05. The normalized spacial score (nSPS) is 21.6. The molecule has 0 aromatic rings. The van der Waals surface area contributed by atoms with Gasteiger partial charge in [0.05, 0.1) is 0 Å². The number of aliphatic hydroxyl groups excluding tert-OH is 1. The van der Waals surface area contributed by atoms with Crippen LogP contribution in [0, 0.1) is 0 Å². The third-order valence-electron chi connectivity index (χ3n) is 2.01. The first-order valence-electron chi connectivity index (χ1n) is 4.08. The van der Waals surface area contributed by atoms with E-state index in [0.717, 1.165) is 0 Å². The zero-order chi connectivity index (χ0) is 9.84. The molecule has 0 aromatic carbocycles. The van der Waals surface area contributed by atoms with Gasteiger partial charge >= 0.3 is 6.03 Å². The van der Waals surface area contributed by atoms with Gasteiger partial charge in [0.15, 0.2) is 0 Å². The lowest BCUT2D eigenvalue weighted by Gasteiger charge is -2.13. The van der Waals surface area contributed by atoms with Crippen LogP contribution in [0.25, 0.3) is 0 Å². The maximum Gasteiger partial charge on any atom is 0.314 e. The van der Waals surface area contributed by atoms with E-state index in [1.54, 1.807) is 0 Å². The molecular formula is C7H13N3O3. The van der Waals surface area contributed by atoms with Gasteiger partial charge in [-0.15, -0.1) is 0 Å². The maximum atomic E-state index is 10.7. The van der Waals surface area contributed by atoms with Gasteiger partial charge < -0.3 is 21.1 Å². The molecule has 1 saturated heterocycles. The van der Waals surface area contributed by atoms with Crippen molar-refractivity contribution in [1.29, 1.82) is 0 Å². The van der Waals surface area contributed by atoms with Gasteiger partial charge in [-0.25, -0.2) is 4.79 Å². The summed E-state index contributed by atoms with van der Waals surface area (Å²) in [4.78, 5) is 22.9. The lowest BCUT2D eigenvalue weighted by Crippen LogP contribution is -2.40. The summed E-state index contributed by atoms with van der Waals surface area (Å²) in [7, 11) is 0. The zero-order valence-electron chi connectivity index (χ0n) is 7.19. The zero-order valence-corrected chi connectivity index (χ0v) is 7.19. The summed E-state index contributed by atoms with van der Waals surface area (Å²) in [5.74, 6) is -0.420. The van der Waals surface area contributed by atoms with Crippen LogP contribution in [0.15, 0.2) is 0 Å². The highest BCUT2D eigenvalue weighted by molar-refractivity contribution is 5.77. The summed E-state index contributed by atoms with van der Waals surface area (Å²) >= 11 is 0. The number of hydrogen-bond acceptors (Lipinski definition) is 3. The Balaban J connectivity index is 2.33. The number of amides is 3. The Morgan fingerprint density at radius 3 is 2.77 bits per heavy atom. The van der Waals surface area contributed by atoms with Gasteiger partial charge in [0.2, 0.25) is 5.91 Å². The van der Waals surface area contributed by atoms with E-state index in [-0.39, 0.29) is 6.04 Å². The number of likely N-dealkylation sites (tertiary alicyclic amines) is 1. The lowest BCUT2D eigenvalue weighted by atomic mass is 10.2. The van der Waals surface area contributed by atoms with Gasteiger partial charge in [0.1, 0.15) is 6.61 Å². The molecule has 74 valence electrons. The number of hydrogen-bond donors (Lipinski definition) is 3. The Hall–Kier alpha value is -1.30. The van der Waals surface area contributed by atoms with Crippen LogP contribution in [0.1, 0.15) is 6.42 Å². The maximum absolute atomic E-state index is 10.7. The minimum Gasteiger partial charge on any atom is -0.387 e. The monoisotopic (exact) mass is 187 g/mol. The first kappa shape index (κ1) is 9.79. The van der Waals surface area contributed by atoms with Crippen LogP contribution in [0.2, 0.25) is 0 Å². The number of carbonyl (C=O) groups is 2. The number of aliphatic hydroxyl groups is 1. The second-order valence-corrected chi connectivity index (χ2v) is 3.00. The first-order chi connectivity index (χ1) is 6.13. The molecule has 1 rings (SSSR count). The first-order valence-corrected chi connectivity index (χ1v) is 4.08. The highest BCUT2D eigenvalue weighted by Crippen LogP contribution is 2.07. The van der Waals surface area contributed by atoms with E-state index >= 15 is 0 Å². The van der Waals surface area contributed by atoms with Crippen LogP contribution in [0.3, 0.4) is 0 Å². The van der Waals surface area contributed by atoms with Crippen molar-refractivity contribution in [2.45, 2.75) is 12.5 Å². The number of nitrogens with one attached hydrogen (secondary N) is 1. The largest absolute Gasteiger partial charge is 0.387 e. The Morgan fingerprint density at radius 1 is 1.62 bits per heavy atom. The van der Waals surface area contributed by atoms with E-state index in [2.05, 4.69) is 5.32 Å². The predicted molar refractivity (Wildman–Crippen MR) is 44.8 cm³/mol. The number of nitrogens with two attached hydrogens (primary N) is 1. The highest BCUT2D eigenvalue weighted by Gasteiger charge is 2.25. The third kappa shape index (κ3) is 2.59. The quantitative estimate of drug-likeness (QED) is 0.478. The van der Waals surface area contributed by atoms with Crippen LogP contribution < -0.4 is 11.1 Å². The van der Waals surface area contributed by atoms with E-state index in [9.17, 15) is 9.59 Å². The average Bonchev–Trinajstić information content (AvgIpc) is 2.52. The molecule has 3 amide bonds. The van der Waals surface area contributed by atoms with Crippen LogP contribution in [0.5, 0.6) is 0 Å². The molecule has 13 heavy (non-hydrogen) atoms. The van der Waals surface area contributed by atoms with E-state index in [0.29, 0.717) is 19.5 Å². The van der Waals surface area contributed by atoms with Gasteiger partial charge in [0, 0.05) is 19.1 Å². The fraction of sp³-hybridized carbons (Fsp3) is 0.714. The van der Waals surface area contributed by atoms with Crippen molar-refractivity contribution in [3.8, 4) is 0 Å². The fourth-order valence-electron chi connectivity index (χ4n) is 1.35. The number of rotatable bonds is 2. The standard InChI is InChI=1S/C7H13N3O3/c8-7(13)10-2-1-5(3-10)9-6(12)4-11/h5,11H,1-4H2,(H2,8,13)(H,9,12). The van der Waals surface area contributed by atoms with Crippen molar-refractivity contribution in [2.24, 2.45) is 5.73 Å². The Morgan fingerprint density at radius 2 is 2.31 bits per heavy atom. The molecule has 0 spiro atoms. The van der Waals surface area contributed by atoms with Crippen molar-refractivity contribution >= 4 is 11.9 Å². The molecule has 0 radical (unpaired) electrons. The lowest BCUT2D eigenvalue weighted by molar-refractivity contribution is -0.124. The minimum absolute atomic E-state index is 0.0767. The van der Waals surface area contributed by atoms with Gasteiger partial charge in [-0.05, 0) is 6.42 Å². The summed E-state index contributed by atoms with van der Waals surface area (Å²) < 4.78 is 0. The van der Waals surface area contributed by atoms with Crippen molar-refractivity contribution in [1.82, 2.24) is 10.2 Å². The second kappa shape index (κ2) is 4.08. The molecule has 0 saturated carbocycles. The van der Waals surface area contributed by atoms with Gasteiger partial charge in [-0.2, -0.15) is 0 Å². The smallest absolute Gasteiger partial charge is 0.314 e. The number of carbonyl (C=O) groups excluding carboxylic acids is 2. The van der Waals surface area contributed by atoms with Crippen molar-refractivity contribution in [3.05, 3.63) is 0 Å². The highest BCUT2D eigenvalue weighted by atomic mass is 16.3. The Bertz CT molecular complexity index is 219. The van der Waals surface area contributed by atoms with Crippen molar-refractivity contribution < 1.29 is 14.7 Å². The summed E-state index contributed by atoms with van der Waals surface area (Å²) in [6.45, 7) is 0.472. The molecule has 6 heteroatoms. The number of urea groups is 1. The van der Waals surface area contributed by atoms with E-state index in [1.807, 2.05) is 0 Å². The van der Waals surface area contributed by atoms with Gasteiger partial charge in [-0.3, -0.25) is 4.79 Å². The van der Waals surface area contributed by atoms with Crippen molar-refractivity contribution in [2.75, 3.05) is 19.7 Å². The second-order valence-electron chi connectivity index (χ2n) is 3.00. The molecule has 1 heterocycles. The van der Waals surface area contributed by atoms with Crippen LogP contribution in [-0.2, 0) is 4.79 Å². The molecule has 1 fully saturated rings. The van der Waals surface area contributed by atoms with Gasteiger partial charge in [-0.1, -0.05) is 0 Å². The van der Waals surface area contributed by atoms with Crippen LogP contribution in [-0.4, -0.2) is 47.7 Å². The minimum atomic E-state index is -0.521. The van der Waals surface area contributed by atoms with E-state index in [1.165, 1.54) is 4.90 Å². The van der Waals surface area contributed by atoms with E-state index < -0.39 is 18.5 Å². The molecule has 0 aliphatic carbocycles. The fourth-order valence-corrected chi connectivity index (χ4v) is 1.35. The number of nitrogens with zero attached hydrogens (tertiary/aromatic N) is 1. The van der Waals surface area contributed by atoms with Crippen LogP contribution in [0.4, 0.5) is 4.79 Å².